The van der Waals surface area contributed by atoms with Crippen molar-refractivity contribution in [2.45, 2.75) is 0 Å². The van der Waals surface area contributed by atoms with Crippen LogP contribution in [0.3, 0.4) is 0 Å². The maximum Gasteiger partial charge on any atom is 0.246 e. The van der Waals surface area contributed by atoms with Crippen LogP contribution in [0.1, 0.15) is 0 Å². The molecule has 36 heavy (non-hydrogen) atoms. The zero-order chi connectivity index (χ0) is 26.7. The Morgan fingerprint density at radius 2 is 0.806 bits per heavy atom. The lowest BCUT2D eigenvalue weighted by atomic mass is 10.1. The predicted octanol–water partition coefficient (Wildman–Crippen LogP) is -5.27. The largest absolute Gasteiger partial charge is 0.378 e. The summed E-state index contributed by atoms with van der Waals surface area (Å²) in [7, 11) is 3.23. The van der Waals surface area contributed by atoms with E-state index in [0.29, 0.717) is 72.5 Å². The molecule has 0 aliphatic carbocycles. The molecule has 0 atom stereocenters. The van der Waals surface area contributed by atoms with E-state index in [1.807, 2.05) is 7.98 Å². The van der Waals surface area contributed by atoms with Crippen molar-refractivity contribution in [2.75, 3.05) is 105 Å². The summed E-state index contributed by atoms with van der Waals surface area (Å²) in [5.74, 6) is -1.01. The molecule has 0 unspecified atom stereocenters. The van der Waals surface area contributed by atoms with Gasteiger partial charge in [-0.15, -0.1) is 0 Å². The van der Waals surface area contributed by atoms with E-state index in [1.54, 1.807) is 0 Å². The Morgan fingerprint density at radius 3 is 1.14 bits per heavy atom. The van der Waals surface area contributed by atoms with Crippen molar-refractivity contribution in [1.82, 2.24) is 21.2 Å². The van der Waals surface area contributed by atoms with E-state index in [2.05, 4.69) is 21.2 Å². The highest BCUT2D eigenvalue weighted by atomic mass is 16.5. The summed E-state index contributed by atoms with van der Waals surface area (Å²) in [5.41, 5.74) is -0.144. The maximum absolute atomic E-state index is 11.7. The predicted molar refractivity (Wildman–Crippen MR) is 134 cm³/mol. The van der Waals surface area contributed by atoms with E-state index in [4.69, 9.17) is 28.4 Å². The van der Waals surface area contributed by atoms with Crippen molar-refractivity contribution < 1.29 is 47.6 Å². The SMILES string of the molecule is BNCCOCCOCCNC(=O)COCC(=O)NCCOCCOCCNC(=O)COCC(B)=O. The van der Waals surface area contributed by atoms with Gasteiger partial charge >= 0.3 is 0 Å². The zero-order valence-electron chi connectivity index (χ0n) is 21.4. The van der Waals surface area contributed by atoms with Crippen molar-refractivity contribution in [3.63, 3.8) is 0 Å². The standard InChI is InChI=1S/C20H40B2N4O10/c21-17(27)13-35-14-18(28)23-1-5-31-9-10-32-6-2-24-19(29)15-36-16-20(30)25-3-7-33-11-12-34-8-4-26-22/h26H,1-16,21-22H2,(H,23,28)(H,24,29)(H,25,30). The Morgan fingerprint density at radius 1 is 0.472 bits per heavy atom. The molecule has 0 heterocycles. The molecule has 3 amide bonds. The number of amides is 3. The van der Waals surface area contributed by atoms with E-state index >= 15 is 0 Å². The number of nitrogens with one attached hydrogen (secondary N) is 4. The number of ether oxygens (including phenoxy) is 6. The van der Waals surface area contributed by atoms with Gasteiger partial charge < -0.3 is 54.4 Å². The van der Waals surface area contributed by atoms with E-state index in [1.165, 1.54) is 7.85 Å². The van der Waals surface area contributed by atoms with Gasteiger partial charge in [0, 0.05) is 26.2 Å². The highest BCUT2D eigenvalue weighted by molar-refractivity contribution is 6.58. The number of rotatable bonds is 26. The second kappa shape index (κ2) is 26.0. The minimum absolute atomic E-state index is 0.0860. The molecule has 0 fully saturated rings. The fraction of sp³-hybridized carbons (Fsp3) is 0.800. The number of hydrogen-bond donors (Lipinski definition) is 4. The van der Waals surface area contributed by atoms with E-state index in [9.17, 15) is 19.2 Å². The van der Waals surface area contributed by atoms with Gasteiger partial charge in [0.25, 0.3) is 0 Å². The smallest absolute Gasteiger partial charge is 0.246 e. The topological polar surface area (TPSA) is 172 Å². The Balaban J connectivity index is 3.36. The Hall–Kier alpha value is -2.07. The average molecular weight is 518 g/mol. The van der Waals surface area contributed by atoms with Crippen LogP contribution in [-0.2, 0) is 47.6 Å². The molecule has 0 saturated heterocycles. The average Bonchev–Trinajstić information content (AvgIpc) is 2.84. The minimum Gasteiger partial charge on any atom is -0.378 e. The van der Waals surface area contributed by atoms with Gasteiger partial charge in [-0.25, -0.2) is 0 Å². The Kier molecular flexibility index (Phi) is 24.5. The van der Waals surface area contributed by atoms with Gasteiger partial charge in [0.05, 0.1) is 59.5 Å². The van der Waals surface area contributed by atoms with Crippen LogP contribution in [0.2, 0.25) is 0 Å². The molecule has 0 spiro atoms. The second-order valence-corrected chi connectivity index (χ2v) is 7.29. The van der Waals surface area contributed by atoms with Crippen LogP contribution in [0.25, 0.3) is 0 Å². The molecule has 4 N–H and O–H groups in total. The summed E-state index contributed by atoms with van der Waals surface area (Å²) in [4.78, 5) is 45.4. The van der Waals surface area contributed by atoms with Gasteiger partial charge in [-0.3, -0.25) is 14.4 Å². The van der Waals surface area contributed by atoms with Crippen molar-refractivity contribution >= 4 is 39.2 Å². The highest BCUT2D eigenvalue weighted by Gasteiger charge is 2.05. The molecular formula is C20H40B2N4O10. The third kappa shape index (κ3) is 26.5. The molecule has 14 nitrogen and oxygen atoms in total. The molecule has 0 aromatic carbocycles. The second-order valence-electron chi connectivity index (χ2n) is 7.29. The fourth-order valence-corrected chi connectivity index (χ4v) is 2.28. The molecule has 0 aromatic rings. The monoisotopic (exact) mass is 518 g/mol. The quantitative estimate of drug-likeness (QED) is 0.0637. The zero-order valence-corrected chi connectivity index (χ0v) is 21.4. The fourth-order valence-electron chi connectivity index (χ4n) is 2.28. The van der Waals surface area contributed by atoms with Crippen molar-refractivity contribution in [3.8, 4) is 0 Å². The lowest BCUT2D eigenvalue weighted by Crippen LogP contribution is -2.34. The molecule has 0 rings (SSSR count). The Bertz CT molecular complexity index is 605. The summed E-state index contributed by atoms with van der Waals surface area (Å²) < 4.78 is 31.2. The van der Waals surface area contributed by atoms with Gasteiger partial charge in [-0.1, -0.05) is 0 Å². The van der Waals surface area contributed by atoms with Crippen LogP contribution in [0, 0.1) is 0 Å². The molecule has 0 aromatic heterocycles. The number of carbonyl (C=O) groups is 4. The molecule has 0 aliphatic rings. The van der Waals surface area contributed by atoms with Gasteiger partial charge in [0.1, 0.15) is 25.5 Å². The van der Waals surface area contributed by atoms with E-state index in [-0.39, 0.29) is 49.8 Å². The molecule has 0 aliphatic heterocycles. The summed E-state index contributed by atoms with van der Waals surface area (Å²) in [5, 5.41) is 10.8. The highest BCUT2D eigenvalue weighted by Crippen LogP contribution is 1.82. The normalized spacial score (nSPS) is 10.7. The first kappa shape index (κ1) is 33.9. The lowest BCUT2D eigenvalue weighted by molar-refractivity contribution is -0.131. The Labute approximate surface area is 214 Å². The van der Waals surface area contributed by atoms with Crippen LogP contribution >= 0.6 is 0 Å². The van der Waals surface area contributed by atoms with Crippen molar-refractivity contribution in [3.05, 3.63) is 0 Å². The maximum atomic E-state index is 11.7. The summed E-state index contributed by atoms with van der Waals surface area (Å²) >= 11 is 0. The first-order chi connectivity index (χ1) is 17.5. The van der Waals surface area contributed by atoms with Crippen LogP contribution in [0.15, 0.2) is 0 Å². The molecule has 0 saturated carbocycles. The van der Waals surface area contributed by atoms with Crippen LogP contribution < -0.4 is 21.2 Å². The van der Waals surface area contributed by atoms with Gasteiger partial charge in [0.2, 0.25) is 17.7 Å². The number of hydrogen-bond acceptors (Lipinski definition) is 11. The van der Waals surface area contributed by atoms with Gasteiger partial charge in [-0.2, -0.15) is 0 Å². The van der Waals surface area contributed by atoms with Crippen LogP contribution in [-0.4, -0.2) is 145 Å². The lowest BCUT2D eigenvalue weighted by Gasteiger charge is -2.09. The number of carbonyl (C=O) groups excluding carboxylic acids is 4. The summed E-state index contributed by atoms with van der Waals surface area (Å²) in [6.07, 6.45) is 0. The summed E-state index contributed by atoms with van der Waals surface area (Å²) in [6.45, 7) is 4.22. The van der Waals surface area contributed by atoms with Gasteiger partial charge in [0.15, 0.2) is 15.8 Å². The molecule has 206 valence electrons. The van der Waals surface area contributed by atoms with E-state index < -0.39 is 0 Å². The summed E-state index contributed by atoms with van der Waals surface area (Å²) in [6, 6.07) is 0. The molecule has 0 radical (unpaired) electrons. The van der Waals surface area contributed by atoms with Crippen LogP contribution in [0.4, 0.5) is 0 Å². The molecule has 0 bridgehead atoms. The van der Waals surface area contributed by atoms with Crippen molar-refractivity contribution in [1.29, 1.82) is 0 Å². The van der Waals surface area contributed by atoms with E-state index in [0.717, 1.165) is 6.54 Å². The first-order valence-electron chi connectivity index (χ1n) is 11.9. The first-order valence-corrected chi connectivity index (χ1v) is 11.9. The third-order valence-corrected chi connectivity index (χ3v) is 3.95. The molecular weight excluding hydrogens is 478 g/mol. The van der Waals surface area contributed by atoms with Crippen molar-refractivity contribution in [2.24, 2.45) is 0 Å². The third-order valence-electron chi connectivity index (χ3n) is 3.95. The minimum atomic E-state index is -0.354. The van der Waals surface area contributed by atoms with Gasteiger partial charge in [-0.05, 0) is 0 Å². The molecule has 16 heteroatoms. The van der Waals surface area contributed by atoms with Crippen LogP contribution in [0.5, 0.6) is 0 Å².